The van der Waals surface area contributed by atoms with Crippen molar-refractivity contribution in [2.45, 2.75) is 18.4 Å². The average Bonchev–Trinajstić information content (AvgIpc) is 2.94. The Labute approximate surface area is 113 Å². The molecule has 102 valence electrons. The summed E-state index contributed by atoms with van der Waals surface area (Å²) in [5.41, 5.74) is 1.35. The van der Waals surface area contributed by atoms with E-state index in [-0.39, 0.29) is 16.3 Å². The van der Waals surface area contributed by atoms with Crippen LogP contribution >= 0.6 is 11.3 Å². The number of H-pyrrole nitrogens is 1. The Kier molecular flexibility index (Phi) is 3.69. The number of nitrogens with one attached hydrogen (secondary N) is 2. The zero-order chi connectivity index (χ0) is 14.0. The summed E-state index contributed by atoms with van der Waals surface area (Å²) in [6.45, 7) is 1.80. The molecule has 0 atom stereocenters. The lowest BCUT2D eigenvalue weighted by Crippen LogP contribution is -2.24. The van der Waals surface area contributed by atoms with Gasteiger partial charge in [0.15, 0.2) is 0 Å². The van der Waals surface area contributed by atoms with Gasteiger partial charge >= 0.3 is 5.97 Å². The van der Waals surface area contributed by atoms with Gasteiger partial charge in [0.05, 0.1) is 12.2 Å². The molecule has 3 N–H and O–H groups in total. The Morgan fingerprint density at radius 2 is 2.32 bits per heavy atom. The van der Waals surface area contributed by atoms with Gasteiger partial charge in [0.1, 0.15) is 9.77 Å². The van der Waals surface area contributed by atoms with Gasteiger partial charge in [-0.15, -0.1) is 11.3 Å². The first-order valence-electron chi connectivity index (χ1n) is 5.21. The van der Waals surface area contributed by atoms with Crippen molar-refractivity contribution in [2.24, 2.45) is 0 Å². The number of aromatic amines is 1. The number of aromatic carboxylic acids is 1. The molecule has 0 aliphatic rings. The third-order valence-corrected chi connectivity index (χ3v) is 4.79. The maximum absolute atomic E-state index is 12.0. The lowest BCUT2D eigenvalue weighted by Gasteiger charge is -2.04. The summed E-state index contributed by atoms with van der Waals surface area (Å²) in [7, 11) is -3.86. The molecule has 2 heterocycles. The van der Waals surface area contributed by atoms with Crippen LogP contribution in [0.3, 0.4) is 0 Å². The number of carbonyl (C=O) groups is 1. The maximum atomic E-state index is 12.0. The van der Waals surface area contributed by atoms with Crippen molar-refractivity contribution >= 4 is 27.3 Å². The van der Waals surface area contributed by atoms with Gasteiger partial charge in [-0.2, -0.15) is 5.10 Å². The molecule has 0 amide bonds. The standard InChI is InChI=1S/C10H11N3O4S2/c1-6-4-7(13-12-6)5-11-19(16,17)8-2-3-18-9(8)10(14)15/h2-4,11H,5H2,1H3,(H,12,13)(H,14,15). The first-order chi connectivity index (χ1) is 8.90. The molecular weight excluding hydrogens is 290 g/mol. The quantitative estimate of drug-likeness (QED) is 0.761. The molecule has 0 saturated carbocycles. The van der Waals surface area contributed by atoms with Crippen molar-refractivity contribution in [3.05, 3.63) is 33.8 Å². The maximum Gasteiger partial charge on any atom is 0.347 e. The predicted octanol–water partition coefficient (Wildman–Crippen LogP) is 0.956. The van der Waals surface area contributed by atoms with Gasteiger partial charge in [-0.25, -0.2) is 17.9 Å². The number of hydrogen-bond donors (Lipinski definition) is 3. The van der Waals surface area contributed by atoms with Crippen molar-refractivity contribution < 1.29 is 18.3 Å². The van der Waals surface area contributed by atoms with E-state index in [4.69, 9.17) is 5.11 Å². The fourth-order valence-corrected chi connectivity index (χ4v) is 3.73. The monoisotopic (exact) mass is 301 g/mol. The first-order valence-corrected chi connectivity index (χ1v) is 7.58. The second-order valence-electron chi connectivity index (χ2n) is 3.79. The smallest absolute Gasteiger partial charge is 0.347 e. The Morgan fingerprint density at radius 1 is 1.58 bits per heavy atom. The van der Waals surface area contributed by atoms with E-state index in [0.29, 0.717) is 5.69 Å². The van der Waals surface area contributed by atoms with Gasteiger partial charge in [-0.05, 0) is 24.4 Å². The van der Waals surface area contributed by atoms with E-state index in [1.54, 1.807) is 13.0 Å². The summed E-state index contributed by atoms with van der Waals surface area (Å²) >= 11 is 0.870. The predicted molar refractivity (Wildman–Crippen MR) is 68.6 cm³/mol. The van der Waals surface area contributed by atoms with Gasteiger partial charge in [0, 0.05) is 5.69 Å². The molecule has 7 nitrogen and oxygen atoms in total. The van der Waals surface area contributed by atoms with Gasteiger partial charge in [-0.1, -0.05) is 0 Å². The molecule has 0 fully saturated rings. The third-order valence-electron chi connectivity index (χ3n) is 2.32. The largest absolute Gasteiger partial charge is 0.477 e. The summed E-state index contributed by atoms with van der Waals surface area (Å²) in [4.78, 5) is 10.5. The van der Waals surface area contributed by atoms with Gasteiger partial charge < -0.3 is 5.11 Å². The molecule has 2 rings (SSSR count). The van der Waals surface area contributed by atoms with E-state index in [2.05, 4.69) is 14.9 Å². The average molecular weight is 301 g/mol. The first kappa shape index (κ1) is 13.7. The highest BCUT2D eigenvalue weighted by molar-refractivity contribution is 7.89. The van der Waals surface area contributed by atoms with E-state index in [1.807, 2.05) is 0 Å². The zero-order valence-electron chi connectivity index (χ0n) is 9.87. The van der Waals surface area contributed by atoms with Crippen LogP contribution in [0.5, 0.6) is 0 Å². The van der Waals surface area contributed by atoms with Crippen LogP contribution in [0.1, 0.15) is 21.1 Å². The normalized spacial score (nSPS) is 11.6. The fraction of sp³-hybridized carbons (Fsp3) is 0.200. The number of rotatable bonds is 5. The lowest BCUT2D eigenvalue weighted by atomic mass is 10.4. The highest BCUT2D eigenvalue weighted by Crippen LogP contribution is 2.21. The molecular formula is C10H11N3O4S2. The van der Waals surface area contributed by atoms with Gasteiger partial charge in [0.25, 0.3) is 0 Å². The van der Waals surface area contributed by atoms with Crippen LogP contribution < -0.4 is 4.72 Å². The van der Waals surface area contributed by atoms with E-state index in [9.17, 15) is 13.2 Å². The number of aryl methyl sites for hydroxylation is 1. The number of nitrogens with zero attached hydrogens (tertiary/aromatic N) is 1. The summed E-state index contributed by atoms with van der Waals surface area (Å²) in [6, 6.07) is 2.97. The number of hydrogen-bond acceptors (Lipinski definition) is 5. The molecule has 0 unspecified atom stereocenters. The Balaban J connectivity index is 2.18. The summed E-state index contributed by atoms with van der Waals surface area (Å²) in [5, 5.41) is 16.9. The number of carboxylic acid groups (broad SMARTS) is 1. The second-order valence-corrected chi connectivity index (χ2v) is 6.44. The van der Waals surface area contributed by atoms with E-state index >= 15 is 0 Å². The van der Waals surface area contributed by atoms with Crippen LogP contribution in [0.4, 0.5) is 0 Å². The molecule has 0 aliphatic heterocycles. The number of carboxylic acids is 1. The minimum absolute atomic E-state index is 0.00157. The highest BCUT2D eigenvalue weighted by atomic mass is 32.2. The van der Waals surface area contributed by atoms with Crippen molar-refractivity contribution in [2.75, 3.05) is 0 Å². The molecule has 2 aromatic rings. The molecule has 2 aromatic heterocycles. The van der Waals surface area contributed by atoms with E-state index in [1.165, 1.54) is 11.4 Å². The molecule has 0 saturated heterocycles. The molecule has 9 heteroatoms. The molecule has 19 heavy (non-hydrogen) atoms. The summed E-state index contributed by atoms with van der Waals surface area (Å²) < 4.78 is 26.3. The summed E-state index contributed by atoms with van der Waals surface area (Å²) in [5.74, 6) is -1.26. The topological polar surface area (TPSA) is 112 Å². The number of aromatic nitrogens is 2. The zero-order valence-corrected chi connectivity index (χ0v) is 11.5. The molecule has 0 aliphatic carbocycles. The molecule has 0 aromatic carbocycles. The lowest BCUT2D eigenvalue weighted by molar-refractivity contribution is 0.0698. The van der Waals surface area contributed by atoms with Gasteiger partial charge in [-0.3, -0.25) is 5.10 Å². The van der Waals surface area contributed by atoms with E-state index in [0.717, 1.165) is 17.0 Å². The number of sulfonamides is 1. The Hall–Kier alpha value is -1.71. The molecule has 0 bridgehead atoms. The molecule has 0 spiro atoms. The highest BCUT2D eigenvalue weighted by Gasteiger charge is 2.23. The summed E-state index contributed by atoms with van der Waals surface area (Å²) in [6.07, 6.45) is 0. The minimum atomic E-state index is -3.86. The van der Waals surface area contributed by atoms with Crippen LogP contribution in [-0.2, 0) is 16.6 Å². The van der Waals surface area contributed by atoms with E-state index < -0.39 is 16.0 Å². The SMILES string of the molecule is Cc1cc(CNS(=O)(=O)c2ccsc2C(=O)O)n[nH]1. The second kappa shape index (κ2) is 5.11. The van der Waals surface area contributed by atoms with Crippen LogP contribution in [0.15, 0.2) is 22.4 Å². The van der Waals surface area contributed by atoms with Crippen LogP contribution in [-0.4, -0.2) is 29.7 Å². The molecule has 0 radical (unpaired) electrons. The van der Waals surface area contributed by atoms with Crippen molar-refractivity contribution in [3.63, 3.8) is 0 Å². The third kappa shape index (κ3) is 3.00. The number of thiophene rings is 1. The Bertz CT molecular complexity index is 702. The van der Waals surface area contributed by atoms with Gasteiger partial charge in [0.2, 0.25) is 10.0 Å². The van der Waals surface area contributed by atoms with Crippen molar-refractivity contribution in [3.8, 4) is 0 Å². The minimum Gasteiger partial charge on any atom is -0.477 e. The van der Waals surface area contributed by atoms with Crippen LogP contribution in [0, 0.1) is 6.92 Å². The fourth-order valence-electron chi connectivity index (χ4n) is 1.48. The van der Waals surface area contributed by atoms with Crippen molar-refractivity contribution in [1.82, 2.24) is 14.9 Å². The van der Waals surface area contributed by atoms with Crippen molar-refractivity contribution in [1.29, 1.82) is 0 Å². The Morgan fingerprint density at radius 3 is 2.89 bits per heavy atom. The van der Waals surface area contributed by atoms with Crippen LogP contribution in [0.2, 0.25) is 0 Å². The van der Waals surface area contributed by atoms with Crippen LogP contribution in [0.25, 0.3) is 0 Å².